The van der Waals surface area contributed by atoms with Crippen LogP contribution >= 0.6 is 0 Å². The van der Waals surface area contributed by atoms with Gasteiger partial charge in [0.2, 0.25) is 0 Å². The van der Waals surface area contributed by atoms with Crippen LogP contribution in [0, 0.1) is 6.92 Å². The summed E-state index contributed by atoms with van der Waals surface area (Å²) in [5.74, 6) is 0. The van der Waals surface area contributed by atoms with E-state index in [1.807, 2.05) is 6.92 Å². The van der Waals surface area contributed by atoms with Crippen molar-refractivity contribution in [2.45, 2.75) is 33.2 Å². The Morgan fingerprint density at radius 3 is 2.92 bits per heavy atom. The number of rotatable bonds is 3. The van der Waals surface area contributed by atoms with Crippen molar-refractivity contribution in [1.82, 2.24) is 9.78 Å². The number of carbonyl (C=O) groups is 1. The highest BCUT2D eigenvalue weighted by atomic mass is 16.1. The molecule has 1 aromatic rings. The minimum atomic E-state index is 0.305. The van der Waals surface area contributed by atoms with E-state index in [0.717, 1.165) is 18.4 Å². The molecule has 0 spiro atoms. The lowest BCUT2D eigenvalue weighted by Gasteiger charge is -2.10. The molecule has 0 radical (unpaired) electrons. The molecule has 1 rings (SSSR count). The minimum absolute atomic E-state index is 0.305. The molecule has 0 aliphatic heterocycles. The summed E-state index contributed by atoms with van der Waals surface area (Å²) in [6, 6.07) is 2.11. The summed E-state index contributed by atoms with van der Waals surface area (Å²) < 4.78 is 1.78. The Labute approximate surface area is 72.4 Å². The number of carbonyl (C=O) groups excluding carboxylic acids is 1. The van der Waals surface area contributed by atoms with Gasteiger partial charge < -0.3 is 0 Å². The molecule has 0 N–H and O–H groups in total. The number of aryl methyl sites for hydroxylation is 1. The van der Waals surface area contributed by atoms with Crippen LogP contribution in [0.25, 0.3) is 0 Å². The maximum absolute atomic E-state index is 10.6. The van der Waals surface area contributed by atoms with Gasteiger partial charge in [-0.1, -0.05) is 6.92 Å². The molecular formula is C9H14N2O. The first-order chi connectivity index (χ1) is 5.69. The third-order valence-corrected chi connectivity index (χ3v) is 2.02. The van der Waals surface area contributed by atoms with Crippen LogP contribution in [-0.4, -0.2) is 16.1 Å². The molecule has 3 nitrogen and oxygen atoms in total. The smallest absolute Gasteiger partial charge is 0.168 e. The van der Waals surface area contributed by atoms with E-state index in [2.05, 4.69) is 18.9 Å². The molecule has 1 aromatic heterocycles. The van der Waals surface area contributed by atoms with E-state index >= 15 is 0 Å². The van der Waals surface area contributed by atoms with Gasteiger partial charge in [-0.05, 0) is 26.3 Å². The monoisotopic (exact) mass is 166 g/mol. The van der Waals surface area contributed by atoms with Crippen LogP contribution in [-0.2, 0) is 0 Å². The number of hydrogen-bond acceptors (Lipinski definition) is 2. The Bertz CT molecular complexity index is 278. The Hall–Kier alpha value is -1.12. The van der Waals surface area contributed by atoms with Crippen LogP contribution in [0.5, 0.6) is 0 Å². The molecule has 0 aliphatic rings. The summed E-state index contributed by atoms with van der Waals surface area (Å²) in [7, 11) is 0. The maximum Gasteiger partial charge on any atom is 0.168 e. The quantitative estimate of drug-likeness (QED) is 0.643. The molecule has 1 heterocycles. The lowest BCUT2D eigenvalue weighted by atomic mass is 10.2. The van der Waals surface area contributed by atoms with Gasteiger partial charge in [0.1, 0.15) is 5.69 Å². The summed E-state index contributed by atoms with van der Waals surface area (Å²) in [6.45, 7) is 6.03. The molecule has 0 amide bonds. The van der Waals surface area contributed by atoms with E-state index in [1.54, 1.807) is 10.7 Å². The largest absolute Gasteiger partial charge is 0.296 e. The van der Waals surface area contributed by atoms with Gasteiger partial charge in [0.25, 0.3) is 0 Å². The first kappa shape index (κ1) is 8.97. The second-order valence-electron chi connectivity index (χ2n) is 3.03. The van der Waals surface area contributed by atoms with Gasteiger partial charge in [0.15, 0.2) is 6.29 Å². The molecule has 0 aromatic carbocycles. The van der Waals surface area contributed by atoms with E-state index in [9.17, 15) is 4.79 Å². The summed E-state index contributed by atoms with van der Waals surface area (Å²) in [5, 5.41) is 4.24. The molecule has 3 heteroatoms. The van der Waals surface area contributed by atoms with Gasteiger partial charge in [-0.3, -0.25) is 9.48 Å². The second-order valence-corrected chi connectivity index (χ2v) is 3.03. The fraction of sp³-hybridized carbons (Fsp3) is 0.556. The predicted molar refractivity (Wildman–Crippen MR) is 47.4 cm³/mol. The second kappa shape index (κ2) is 3.52. The zero-order chi connectivity index (χ0) is 9.14. The molecular weight excluding hydrogens is 152 g/mol. The zero-order valence-electron chi connectivity index (χ0n) is 7.74. The van der Waals surface area contributed by atoms with Crippen molar-refractivity contribution < 1.29 is 4.79 Å². The van der Waals surface area contributed by atoms with Crippen molar-refractivity contribution in [2.24, 2.45) is 0 Å². The molecule has 1 unspecified atom stereocenters. The minimum Gasteiger partial charge on any atom is -0.296 e. The summed E-state index contributed by atoms with van der Waals surface area (Å²) >= 11 is 0. The van der Waals surface area contributed by atoms with Crippen molar-refractivity contribution in [3.05, 3.63) is 17.5 Å². The SMILES string of the molecule is CCC(C)n1nc(C)cc1C=O. The van der Waals surface area contributed by atoms with E-state index < -0.39 is 0 Å². The van der Waals surface area contributed by atoms with Gasteiger partial charge in [0.05, 0.1) is 5.69 Å². The topological polar surface area (TPSA) is 34.9 Å². The van der Waals surface area contributed by atoms with Crippen LogP contribution in [0.15, 0.2) is 6.07 Å². The van der Waals surface area contributed by atoms with Crippen molar-refractivity contribution in [1.29, 1.82) is 0 Å². The molecule has 0 fully saturated rings. The summed E-state index contributed by atoms with van der Waals surface area (Å²) in [4.78, 5) is 10.6. The van der Waals surface area contributed by atoms with E-state index in [-0.39, 0.29) is 0 Å². The molecule has 0 saturated carbocycles. The fourth-order valence-corrected chi connectivity index (χ4v) is 1.15. The molecule has 12 heavy (non-hydrogen) atoms. The number of aromatic nitrogens is 2. The fourth-order valence-electron chi connectivity index (χ4n) is 1.15. The van der Waals surface area contributed by atoms with Gasteiger partial charge in [-0.25, -0.2) is 0 Å². The third-order valence-electron chi connectivity index (χ3n) is 2.02. The van der Waals surface area contributed by atoms with Crippen LogP contribution in [0.4, 0.5) is 0 Å². The van der Waals surface area contributed by atoms with E-state index in [1.165, 1.54) is 0 Å². The van der Waals surface area contributed by atoms with Crippen molar-refractivity contribution in [2.75, 3.05) is 0 Å². The molecule has 1 atom stereocenters. The normalized spacial score (nSPS) is 12.9. The van der Waals surface area contributed by atoms with Crippen LogP contribution in [0.3, 0.4) is 0 Å². The standard InChI is InChI=1S/C9H14N2O/c1-4-8(3)11-9(6-12)5-7(2)10-11/h5-6,8H,4H2,1-3H3. The summed E-state index contributed by atoms with van der Waals surface area (Å²) in [5.41, 5.74) is 1.57. The van der Waals surface area contributed by atoms with E-state index in [4.69, 9.17) is 0 Å². The highest BCUT2D eigenvalue weighted by Gasteiger charge is 2.08. The third kappa shape index (κ3) is 1.55. The Morgan fingerprint density at radius 2 is 2.42 bits per heavy atom. The molecule has 0 saturated heterocycles. The molecule has 66 valence electrons. The number of hydrogen-bond donors (Lipinski definition) is 0. The van der Waals surface area contributed by atoms with Crippen molar-refractivity contribution in [3.8, 4) is 0 Å². The molecule has 0 bridgehead atoms. The van der Waals surface area contributed by atoms with E-state index in [0.29, 0.717) is 11.7 Å². The predicted octanol–water partition coefficient (Wildman–Crippen LogP) is 1.98. The Kier molecular flexibility index (Phi) is 2.63. The van der Waals surface area contributed by atoms with Gasteiger partial charge in [-0.2, -0.15) is 5.10 Å². The zero-order valence-corrected chi connectivity index (χ0v) is 7.74. The van der Waals surface area contributed by atoms with Crippen LogP contribution in [0.2, 0.25) is 0 Å². The first-order valence-corrected chi connectivity index (χ1v) is 4.20. The van der Waals surface area contributed by atoms with Gasteiger partial charge >= 0.3 is 0 Å². The van der Waals surface area contributed by atoms with Gasteiger partial charge in [-0.15, -0.1) is 0 Å². The molecule has 0 aliphatic carbocycles. The number of aldehydes is 1. The average molecular weight is 166 g/mol. The van der Waals surface area contributed by atoms with Crippen LogP contribution < -0.4 is 0 Å². The highest BCUT2D eigenvalue weighted by Crippen LogP contribution is 2.12. The maximum atomic E-state index is 10.6. The Balaban J connectivity index is 3.03. The van der Waals surface area contributed by atoms with Crippen molar-refractivity contribution >= 4 is 6.29 Å². The highest BCUT2D eigenvalue weighted by molar-refractivity contribution is 5.72. The van der Waals surface area contributed by atoms with Crippen LogP contribution in [0.1, 0.15) is 42.5 Å². The summed E-state index contributed by atoms with van der Waals surface area (Å²) in [6.07, 6.45) is 1.84. The number of nitrogens with zero attached hydrogens (tertiary/aromatic N) is 2. The van der Waals surface area contributed by atoms with Crippen molar-refractivity contribution in [3.63, 3.8) is 0 Å². The average Bonchev–Trinajstić information content (AvgIpc) is 2.45. The first-order valence-electron chi connectivity index (χ1n) is 4.20. The Morgan fingerprint density at radius 1 is 1.75 bits per heavy atom. The lowest BCUT2D eigenvalue weighted by molar-refractivity contribution is 0.111. The van der Waals surface area contributed by atoms with Gasteiger partial charge in [0, 0.05) is 6.04 Å². The lowest BCUT2D eigenvalue weighted by Crippen LogP contribution is -2.09.